The molecule has 1 aromatic carbocycles. The molecule has 0 aliphatic carbocycles. The van der Waals surface area contributed by atoms with Gasteiger partial charge in [-0.1, -0.05) is 24.2 Å². The van der Waals surface area contributed by atoms with Crippen molar-refractivity contribution in [3.63, 3.8) is 0 Å². The van der Waals surface area contributed by atoms with Crippen molar-refractivity contribution in [2.24, 2.45) is 0 Å². The van der Waals surface area contributed by atoms with Crippen molar-refractivity contribution < 1.29 is 4.52 Å². The molecule has 0 aliphatic heterocycles. The highest BCUT2D eigenvalue weighted by Crippen LogP contribution is 2.20. The second kappa shape index (κ2) is 6.50. The van der Waals surface area contributed by atoms with E-state index in [1.807, 2.05) is 29.6 Å². The Morgan fingerprint density at radius 1 is 1.32 bits per heavy atom. The maximum absolute atomic E-state index is 8.76. The Balaban J connectivity index is 1.78. The second-order valence-electron chi connectivity index (χ2n) is 4.81. The van der Waals surface area contributed by atoms with Gasteiger partial charge in [-0.05, 0) is 24.1 Å². The lowest BCUT2D eigenvalue weighted by molar-refractivity contribution is 0.423. The molecule has 2 aromatic heterocycles. The van der Waals surface area contributed by atoms with Crippen molar-refractivity contribution in [2.45, 2.75) is 26.2 Å². The lowest BCUT2D eigenvalue weighted by Gasteiger charge is -1.97. The van der Waals surface area contributed by atoms with E-state index in [0.29, 0.717) is 24.6 Å². The number of aromatic nitrogens is 3. The maximum atomic E-state index is 8.76. The van der Waals surface area contributed by atoms with Crippen LogP contribution >= 0.6 is 11.3 Å². The fourth-order valence-corrected chi connectivity index (χ4v) is 2.85. The van der Waals surface area contributed by atoms with Crippen molar-refractivity contribution in [1.29, 1.82) is 5.26 Å². The SMILES string of the molecule is CCc1nc(Cc2noc(-c3cccc(CC#N)c3)n2)cs1. The van der Waals surface area contributed by atoms with Crippen molar-refractivity contribution >= 4 is 11.3 Å². The van der Waals surface area contributed by atoms with Crippen LogP contribution in [0.2, 0.25) is 0 Å². The molecule has 6 heteroatoms. The number of nitriles is 1. The summed E-state index contributed by atoms with van der Waals surface area (Å²) in [6.45, 7) is 2.09. The van der Waals surface area contributed by atoms with Crippen molar-refractivity contribution in [2.75, 3.05) is 0 Å². The van der Waals surface area contributed by atoms with E-state index in [1.165, 1.54) is 0 Å². The quantitative estimate of drug-likeness (QED) is 0.722. The maximum Gasteiger partial charge on any atom is 0.257 e. The summed E-state index contributed by atoms with van der Waals surface area (Å²) >= 11 is 1.65. The fourth-order valence-electron chi connectivity index (χ4n) is 2.10. The van der Waals surface area contributed by atoms with Gasteiger partial charge in [0.2, 0.25) is 0 Å². The van der Waals surface area contributed by atoms with Gasteiger partial charge in [-0.15, -0.1) is 11.3 Å². The number of rotatable bonds is 5. The largest absolute Gasteiger partial charge is 0.334 e. The van der Waals surface area contributed by atoms with E-state index in [4.69, 9.17) is 9.78 Å². The van der Waals surface area contributed by atoms with E-state index in [1.54, 1.807) is 11.3 Å². The van der Waals surface area contributed by atoms with Crippen LogP contribution in [0.4, 0.5) is 0 Å². The van der Waals surface area contributed by atoms with E-state index < -0.39 is 0 Å². The minimum Gasteiger partial charge on any atom is -0.334 e. The molecule has 0 saturated carbocycles. The number of benzene rings is 1. The first-order valence-corrected chi connectivity index (χ1v) is 7.88. The first kappa shape index (κ1) is 14.4. The highest BCUT2D eigenvalue weighted by Gasteiger charge is 2.11. The average molecular weight is 310 g/mol. The molecule has 0 spiro atoms. The Hall–Kier alpha value is -2.52. The summed E-state index contributed by atoms with van der Waals surface area (Å²) in [5.41, 5.74) is 2.73. The van der Waals surface area contributed by atoms with Gasteiger partial charge in [-0.2, -0.15) is 10.2 Å². The highest BCUT2D eigenvalue weighted by atomic mass is 32.1. The minimum atomic E-state index is 0.369. The third-order valence-corrected chi connectivity index (χ3v) is 4.21. The van der Waals surface area contributed by atoms with Crippen LogP contribution < -0.4 is 0 Å². The molecule has 0 atom stereocenters. The van der Waals surface area contributed by atoms with Crippen LogP contribution in [-0.2, 0) is 19.3 Å². The molecule has 110 valence electrons. The van der Waals surface area contributed by atoms with Gasteiger partial charge in [0.1, 0.15) is 0 Å². The Bertz CT molecular complexity index is 815. The summed E-state index contributed by atoms with van der Waals surface area (Å²) < 4.78 is 5.32. The van der Waals surface area contributed by atoms with Gasteiger partial charge >= 0.3 is 0 Å². The molecule has 2 heterocycles. The second-order valence-corrected chi connectivity index (χ2v) is 5.76. The lowest BCUT2D eigenvalue weighted by atomic mass is 10.1. The Kier molecular flexibility index (Phi) is 4.26. The summed E-state index contributed by atoms with van der Waals surface area (Å²) in [6, 6.07) is 9.73. The van der Waals surface area contributed by atoms with Gasteiger partial charge in [0.15, 0.2) is 5.82 Å². The van der Waals surface area contributed by atoms with Crippen LogP contribution in [0.15, 0.2) is 34.2 Å². The zero-order valence-corrected chi connectivity index (χ0v) is 12.9. The smallest absolute Gasteiger partial charge is 0.257 e. The van der Waals surface area contributed by atoms with E-state index in [-0.39, 0.29) is 0 Å². The van der Waals surface area contributed by atoms with Gasteiger partial charge < -0.3 is 4.52 Å². The number of hydrogen-bond donors (Lipinski definition) is 0. The molecule has 0 radical (unpaired) electrons. The van der Waals surface area contributed by atoms with Crippen LogP contribution in [0.1, 0.15) is 29.0 Å². The third kappa shape index (κ3) is 3.21. The molecule has 0 N–H and O–H groups in total. The Labute approximate surface area is 132 Å². The first-order chi connectivity index (χ1) is 10.8. The topological polar surface area (TPSA) is 75.6 Å². The standard InChI is InChI=1S/C16H14N4OS/c1-2-15-18-13(10-22-15)9-14-19-16(21-20-14)12-5-3-4-11(8-12)6-7-17/h3-5,8,10H,2,6,9H2,1H3. The number of thiazole rings is 1. The molecule has 0 fully saturated rings. The summed E-state index contributed by atoms with van der Waals surface area (Å²) in [5, 5.41) is 15.9. The molecule has 0 saturated heterocycles. The molecule has 22 heavy (non-hydrogen) atoms. The number of hydrogen-bond acceptors (Lipinski definition) is 6. The molecule has 0 amide bonds. The van der Waals surface area contributed by atoms with Crippen LogP contribution in [0.25, 0.3) is 11.5 Å². The summed E-state index contributed by atoms with van der Waals surface area (Å²) in [7, 11) is 0. The molecule has 3 aromatic rings. The van der Waals surface area contributed by atoms with E-state index in [0.717, 1.165) is 28.2 Å². The monoisotopic (exact) mass is 310 g/mol. The van der Waals surface area contributed by atoms with Gasteiger partial charge in [0, 0.05) is 10.9 Å². The van der Waals surface area contributed by atoms with Crippen molar-refractivity contribution in [3.8, 4) is 17.5 Å². The first-order valence-electron chi connectivity index (χ1n) is 7.00. The van der Waals surface area contributed by atoms with Gasteiger partial charge in [-0.25, -0.2) is 4.98 Å². The van der Waals surface area contributed by atoms with Crippen molar-refractivity contribution in [3.05, 3.63) is 51.7 Å². The van der Waals surface area contributed by atoms with Gasteiger partial charge in [0.25, 0.3) is 5.89 Å². The summed E-state index contributed by atoms with van der Waals surface area (Å²) in [4.78, 5) is 8.92. The van der Waals surface area contributed by atoms with Crippen LogP contribution in [0, 0.1) is 11.3 Å². The van der Waals surface area contributed by atoms with E-state index >= 15 is 0 Å². The van der Waals surface area contributed by atoms with E-state index in [9.17, 15) is 0 Å². The third-order valence-electron chi connectivity index (χ3n) is 3.17. The summed E-state index contributed by atoms with van der Waals surface area (Å²) in [5.74, 6) is 1.09. The van der Waals surface area contributed by atoms with Crippen molar-refractivity contribution in [1.82, 2.24) is 15.1 Å². The molecular formula is C16H14N4OS. The predicted molar refractivity (Wildman–Crippen MR) is 83.3 cm³/mol. The van der Waals surface area contributed by atoms with Crippen LogP contribution in [-0.4, -0.2) is 15.1 Å². The number of aryl methyl sites for hydroxylation is 1. The molecule has 0 aliphatic rings. The average Bonchev–Trinajstić information content (AvgIpc) is 3.18. The minimum absolute atomic E-state index is 0.369. The zero-order valence-electron chi connectivity index (χ0n) is 12.1. The van der Waals surface area contributed by atoms with Gasteiger partial charge in [0.05, 0.1) is 29.6 Å². The highest BCUT2D eigenvalue weighted by molar-refractivity contribution is 7.09. The predicted octanol–water partition coefficient (Wildman–Crippen LogP) is 3.41. The van der Waals surface area contributed by atoms with Crippen LogP contribution in [0.3, 0.4) is 0 Å². The fraction of sp³-hybridized carbons (Fsp3) is 0.250. The lowest BCUT2D eigenvalue weighted by Crippen LogP contribution is -1.92. The molecule has 0 bridgehead atoms. The van der Waals surface area contributed by atoms with Crippen LogP contribution in [0.5, 0.6) is 0 Å². The number of nitrogens with zero attached hydrogens (tertiary/aromatic N) is 4. The molecular weight excluding hydrogens is 296 g/mol. The normalized spacial score (nSPS) is 10.5. The molecule has 5 nitrogen and oxygen atoms in total. The zero-order chi connectivity index (χ0) is 15.4. The van der Waals surface area contributed by atoms with E-state index in [2.05, 4.69) is 28.1 Å². The Morgan fingerprint density at radius 3 is 3.00 bits per heavy atom. The molecule has 3 rings (SSSR count). The van der Waals surface area contributed by atoms with Gasteiger partial charge in [-0.3, -0.25) is 0 Å². The summed E-state index contributed by atoms with van der Waals surface area (Å²) in [6.07, 6.45) is 1.87. The molecule has 0 unspecified atom stereocenters. The Morgan fingerprint density at radius 2 is 2.23 bits per heavy atom.